The third kappa shape index (κ3) is 4.97. The van der Waals surface area contributed by atoms with Gasteiger partial charge in [-0.25, -0.2) is 8.42 Å². The van der Waals surface area contributed by atoms with E-state index < -0.39 is 15.9 Å². The fraction of sp³-hybridized carbons (Fsp3) is 0.500. The zero-order valence-corrected chi connectivity index (χ0v) is 20.5. The number of rotatable bonds is 9. The Morgan fingerprint density at radius 1 is 1.18 bits per heavy atom. The molecule has 9 nitrogen and oxygen atoms in total. The average molecular weight is 489 g/mol. The first-order valence-corrected chi connectivity index (χ1v) is 13.3. The van der Waals surface area contributed by atoms with Gasteiger partial charge < -0.3 is 19.5 Å². The average Bonchev–Trinajstić information content (AvgIpc) is 3.58. The van der Waals surface area contributed by atoms with Gasteiger partial charge in [0.25, 0.3) is 0 Å². The van der Waals surface area contributed by atoms with Gasteiger partial charge in [-0.3, -0.25) is 9.59 Å². The van der Waals surface area contributed by atoms with Crippen LogP contribution < -0.4 is 10.2 Å². The quantitative estimate of drug-likeness (QED) is 0.582. The zero-order valence-electron chi connectivity index (χ0n) is 19.7. The number of anilines is 2. The number of carbonyl (C=O) groups excluding carboxylic acids is 2. The summed E-state index contributed by atoms with van der Waals surface area (Å²) in [5, 5.41) is 2.95. The lowest BCUT2D eigenvalue weighted by Gasteiger charge is -2.24. The van der Waals surface area contributed by atoms with Crippen molar-refractivity contribution in [1.82, 2.24) is 9.21 Å². The van der Waals surface area contributed by atoms with Crippen molar-refractivity contribution in [2.24, 2.45) is 5.92 Å². The molecule has 2 aromatic rings. The van der Waals surface area contributed by atoms with E-state index in [1.54, 1.807) is 55.3 Å². The maximum absolute atomic E-state index is 13.2. The standard InChI is InChI=1S/C24H32N4O5S/c1-3-28(4-2)34(31,32)20-9-10-22(26-11-5-6-12-26)21(15-20)25-24(30)18-14-23(29)27(16-18)17-19-8-7-13-33-19/h7-10,13,15,18H,3-6,11-12,14,16-17H2,1-2H3,(H,25,30). The van der Waals surface area contributed by atoms with Crippen LogP contribution in [0.3, 0.4) is 0 Å². The van der Waals surface area contributed by atoms with E-state index in [2.05, 4.69) is 10.2 Å². The molecule has 1 N–H and O–H groups in total. The summed E-state index contributed by atoms with van der Waals surface area (Å²) in [5.74, 6) is -0.237. The molecule has 2 aliphatic rings. The summed E-state index contributed by atoms with van der Waals surface area (Å²) in [4.78, 5) is 29.6. The first kappa shape index (κ1) is 24.3. The summed E-state index contributed by atoms with van der Waals surface area (Å²) in [7, 11) is -3.67. The van der Waals surface area contributed by atoms with E-state index in [0.29, 0.717) is 37.6 Å². The van der Waals surface area contributed by atoms with Crippen LogP contribution in [0.5, 0.6) is 0 Å². The molecule has 0 aliphatic carbocycles. The SMILES string of the molecule is CCN(CC)S(=O)(=O)c1ccc(N2CCCC2)c(NC(=O)C2CC(=O)N(Cc3ccco3)C2)c1. The van der Waals surface area contributed by atoms with E-state index in [0.717, 1.165) is 31.6 Å². The highest BCUT2D eigenvalue weighted by Gasteiger charge is 2.35. The number of carbonyl (C=O) groups is 2. The first-order valence-electron chi connectivity index (χ1n) is 11.8. The minimum atomic E-state index is -3.67. The molecule has 3 heterocycles. The number of amides is 2. The van der Waals surface area contributed by atoms with Gasteiger partial charge in [-0.1, -0.05) is 13.8 Å². The Balaban J connectivity index is 1.56. The van der Waals surface area contributed by atoms with Crippen molar-refractivity contribution in [2.75, 3.05) is 42.9 Å². The summed E-state index contributed by atoms with van der Waals surface area (Å²) in [5.41, 5.74) is 1.28. The van der Waals surface area contributed by atoms with Crippen LogP contribution in [0.4, 0.5) is 11.4 Å². The summed E-state index contributed by atoms with van der Waals surface area (Å²) in [6, 6.07) is 8.50. The molecule has 0 bridgehead atoms. The molecule has 10 heteroatoms. The topological polar surface area (TPSA) is 103 Å². The summed E-state index contributed by atoms with van der Waals surface area (Å²) in [6.45, 7) is 6.65. The molecule has 2 aliphatic heterocycles. The van der Waals surface area contributed by atoms with Gasteiger partial charge in [-0.15, -0.1) is 0 Å². The Labute approximate surface area is 200 Å². The van der Waals surface area contributed by atoms with E-state index in [9.17, 15) is 18.0 Å². The van der Waals surface area contributed by atoms with Gasteiger partial charge in [0.15, 0.2) is 0 Å². The van der Waals surface area contributed by atoms with Gasteiger partial charge in [0, 0.05) is 39.1 Å². The Morgan fingerprint density at radius 3 is 2.56 bits per heavy atom. The lowest BCUT2D eigenvalue weighted by molar-refractivity contribution is -0.128. The molecule has 1 aromatic carbocycles. The number of hydrogen-bond donors (Lipinski definition) is 1. The molecule has 1 aromatic heterocycles. The number of furan rings is 1. The third-order valence-electron chi connectivity index (χ3n) is 6.53. The van der Waals surface area contributed by atoms with E-state index in [1.165, 1.54) is 4.31 Å². The first-order chi connectivity index (χ1) is 16.3. The Morgan fingerprint density at radius 2 is 1.91 bits per heavy atom. The molecule has 1 unspecified atom stereocenters. The molecule has 2 saturated heterocycles. The predicted octanol–water partition coefficient (Wildman–Crippen LogP) is 2.90. The predicted molar refractivity (Wildman–Crippen MR) is 129 cm³/mol. The highest BCUT2D eigenvalue weighted by atomic mass is 32.2. The number of likely N-dealkylation sites (tertiary alicyclic amines) is 1. The molecule has 2 amide bonds. The van der Waals surface area contributed by atoms with Gasteiger partial charge in [-0.05, 0) is 43.2 Å². The lowest BCUT2D eigenvalue weighted by Crippen LogP contribution is -2.31. The Hall–Kier alpha value is -2.85. The van der Waals surface area contributed by atoms with Crippen LogP contribution in [-0.4, -0.2) is 62.2 Å². The monoisotopic (exact) mass is 488 g/mol. The van der Waals surface area contributed by atoms with Crippen molar-refractivity contribution in [3.63, 3.8) is 0 Å². The van der Waals surface area contributed by atoms with Gasteiger partial charge >= 0.3 is 0 Å². The molecule has 2 fully saturated rings. The van der Waals surface area contributed by atoms with E-state index in [1.807, 2.05) is 0 Å². The van der Waals surface area contributed by atoms with Crippen LogP contribution in [0.25, 0.3) is 0 Å². The van der Waals surface area contributed by atoms with Crippen LogP contribution in [0, 0.1) is 5.92 Å². The van der Waals surface area contributed by atoms with Crippen molar-refractivity contribution in [2.45, 2.75) is 44.6 Å². The summed E-state index contributed by atoms with van der Waals surface area (Å²) in [6.07, 6.45) is 3.76. The zero-order chi connectivity index (χ0) is 24.3. The van der Waals surface area contributed by atoms with Gasteiger partial charge in [-0.2, -0.15) is 4.31 Å². The second kappa shape index (κ2) is 10.2. The van der Waals surface area contributed by atoms with Crippen molar-refractivity contribution in [3.8, 4) is 0 Å². The number of hydrogen-bond acceptors (Lipinski definition) is 6. The summed E-state index contributed by atoms with van der Waals surface area (Å²) >= 11 is 0. The number of sulfonamides is 1. The molecule has 4 rings (SSSR count). The van der Waals surface area contributed by atoms with Crippen LogP contribution in [0.15, 0.2) is 45.9 Å². The molecular weight excluding hydrogens is 456 g/mol. The minimum absolute atomic E-state index is 0.103. The normalized spacial score (nSPS) is 18.8. The van der Waals surface area contributed by atoms with Crippen LogP contribution in [0.2, 0.25) is 0 Å². The van der Waals surface area contributed by atoms with Crippen molar-refractivity contribution in [3.05, 3.63) is 42.4 Å². The van der Waals surface area contributed by atoms with Gasteiger partial charge in [0.1, 0.15) is 5.76 Å². The van der Waals surface area contributed by atoms with Gasteiger partial charge in [0.2, 0.25) is 21.8 Å². The van der Waals surface area contributed by atoms with Crippen molar-refractivity contribution >= 4 is 33.2 Å². The Bertz CT molecular complexity index is 1120. The molecule has 1 atom stereocenters. The highest BCUT2D eigenvalue weighted by molar-refractivity contribution is 7.89. The second-order valence-electron chi connectivity index (χ2n) is 8.71. The highest BCUT2D eigenvalue weighted by Crippen LogP contribution is 2.33. The molecule has 34 heavy (non-hydrogen) atoms. The van der Waals surface area contributed by atoms with E-state index in [-0.39, 0.29) is 23.1 Å². The van der Waals surface area contributed by atoms with Crippen molar-refractivity contribution < 1.29 is 22.4 Å². The summed E-state index contributed by atoms with van der Waals surface area (Å²) < 4.78 is 32.9. The number of nitrogens with zero attached hydrogens (tertiary/aromatic N) is 3. The molecular formula is C24H32N4O5S. The molecule has 0 radical (unpaired) electrons. The van der Waals surface area contributed by atoms with Crippen LogP contribution >= 0.6 is 0 Å². The third-order valence-corrected chi connectivity index (χ3v) is 8.57. The lowest BCUT2D eigenvalue weighted by atomic mass is 10.1. The largest absolute Gasteiger partial charge is 0.467 e. The fourth-order valence-corrected chi connectivity index (χ4v) is 6.13. The number of benzene rings is 1. The van der Waals surface area contributed by atoms with E-state index in [4.69, 9.17) is 4.42 Å². The smallest absolute Gasteiger partial charge is 0.243 e. The van der Waals surface area contributed by atoms with Crippen molar-refractivity contribution in [1.29, 1.82) is 0 Å². The number of nitrogens with one attached hydrogen (secondary N) is 1. The second-order valence-corrected chi connectivity index (χ2v) is 10.6. The molecule has 0 spiro atoms. The maximum atomic E-state index is 13.2. The molecule has 0 saturated carbocycles. The maximum Gasteiger partial charge on any atom is 0.243 e. The van der Waals surface area contributed by atoms with Crippen LogP contribution in [-0.2, 0) is 26.2 Å². The van der Waals surface area contributed by atoms with Crippen LogP contribution in [0.1, 0.15) is 38.9 Å². The van der Waals surface area contributed by atoms with E-state index >= 15 is 0 Å². The fourth-order valence-electron chi connectivity index (χ4n) is 4.65. The minimum Gasteiger partial charge on any atom is -0.467 e. The molecule has 184 valence electrons. The van der Waals surface area contributed by atoms with Gasteiger partial charge in [0.05, 0.1) is 35.0 Å². The Kier molecular flexibility index (Phi) is 7.27.